The van der Waals surface area contributed by atoms with Gasteiger partial charge < -0.3 is 10.1 Å². The van der Waals surface area contributed by atoms with Crippen molar-refractivity contribution in [1.29, 1.82) is 0 Å². The molecule has 3 heteroatoms. The minimum Gasteiger partial charge on any atom is -0.384 e. The van der Waals surface area contributed by atoms with Crippen LogP contribution in [0.3, 0.4) is 0 Å². The van der Waals surface area contributed by atoms with E-state index >= 15 is 0 Å². The largest absolute Gasteiger partial charge is 0.384 e. The molecular weight excluding hydrogens is 206 g/mol. The molecule has 1 saturated carbocycles. The highest BCUT2D eigenvalue weighted by atomic mass is 32.2. The molecule has 1 fully saturated rings. The van der Waals surface area contributed by atoms with Crippen molar-refractivity contribution in [3.63, 3.8) is 0 Å². The second-order valence-corrected chi connectivity index (χ2v) is 5.74. The summed E-state index contributed by atoms with van der Waals surface area (Å²) in [6, 6.07) is 0.796. The smallest absolute Gasteiger partial charge is 0.0552 e. The van der Waals surface area contributed by atoms with Gasteiger partial charge in [-0.2, -0.15) is 11.8 Å². The zero-order chi connectivity index (χ0) is 10.9. The Morgan fingerprint density at radius 2 is 1.93 bits per heavy atom. The van der Waals surface area contributed by atoms with Crippen molar-refractivity contribution in [3.05, 3.63) is 0 Å². The first-order valence-electron chi connectivity index (χ1n) is 6.13. The van der Waals surface area contributed by atoms with Crippen LogP contribution in [0.5, 0.6) is 0 Å². The molecule has 0 aromatic heterocycles. The molecule has 1 N–H and O–H groups in total. The summed E-state index contributed by atoms with van der Waals surface area (Å²) in [5.41, 5.74) is 0. The average Bonchev–Trinajstić information content (AvgIpc) is 2.26. The highest BCUT2D eigenvalue weighted by Crippen LogP contribution is 2.23. The number of methoxy groups -OCH3 is 1. The highest BCUT2D eigenvalue weighted by molar-refractivity contribution is 7.99. The number of rotatable bonds is 7. The summed E-state index contributed by atoms with van der Waals surface area (Å²) in [6.07, 6.45) is 5.58. The summed E-state index contributed by atoms with van der Waals surface area (Å²) >= 11 is 1.98. The van der Waals surface area contributed by atoms with Gasteiger partial charge in [-0.1, -0.05) is 6.92 Å². The fourth-order valence-electron chi connectivity index (χ4n) is 2.04. The Labute approximate surface area is 98.5 Å². The molecule has 0 radical (unpaired) electrons. The Morgan fingerprint density at radius 1 is 1.20 bits per heavy atom. The first-order valence-corrected chi connectivity index (χ1v) is 7.28. The summed E-state index contributed by atoms with van der Waals surface area (Å²) in [7, 11) is 1.77. The summed E-state index contributed by atoms with van der Waals surface area (Å²) < 4.78 is 5.01. The lowest BCUT2D eigenvalue weighted by Gasteiger charge is -2.26. The van der Waals surface area contributed by atoms with Crippen molar-refractivity contribution >= 4 is 11.8 Å². The predicted octanol–water partition coefficient (Wildman–Crippen LogP) is 2.53. The second kappa shape index (κ2) is 8.43. The van der Waals surface area contributed by atoms with Gasteiger partial charge in [0.05, 0.1) is 6.61 Å². The van der Waals surface area contributed by atoms with E-state index in [2.05, 4.69) is 12.2 Å². The van der Waals surface area contributed by atoms with Gasteiger partial charge in [-0.05, 0) is 31.6 Å². The normalized spacial score (nSPS) is 26.8. The SMILES string of the molecule is COCCSCCNC1CCC(C)CC1. The number of ether oxygens (including phenoxy) is 1. The summed E-state index contributed by atoms with van der Waals surface area (Å²) in [6.45, 7) is 4.41. The molecule has 0 aliphatic heterocycles. The number of hydrogen-bond acceptors (Lipinski definition) is 3. The molecule has 0 bridgehead atoms. The van der Waals surface area contributed by atoms with Gasteiger partial charge in [0.15, 0.2) is 0 Å². The fourth-order valence-corrected chi connectivity index (χ4v) is 2.79. The third kappa shape index (κ3) is 6.44. The van der Waals surface area contributed by atoms with Crippen LogP contribution in [-0.2, 0) is 4.74 Å². The number of hydrogen-bond donors (Lipinski definition) is 1. The van der Waals surface area contributed by atoms with Gasteiger partial charge in [0.1, 0.15) is 0 Å². The van der Waals surface area contributed by atoms with Gasteiger partial charge in [-0.25, -0.2) is 0 Å². The minimum absolute atomic E-state index is 0.796. The first-order chi connectivity index (χ1) is 7.33. The third-order valence-electron chi connectivity index (χ3n) is 3.13. The van der Waals surface area contributed by atoms with E-state index in [0.717, 1.165) is 30.9 Å². The van der Waals surface area contributed by atoms with E-state index in [-0.39, 0.29) is 0 Å². The zero-order valence-electron chi connectivity index (χ0n) is 10.1. The summed E-state index contributed by atoms with van der Waals surface area (Å²) in [5, 5.41) is 3.66. The molecule has 2 nitrogen and oxygen atoms in total. The molecule has 0 spiro atoms. The van der Waals surface area contributed by atoms with Crippen LogP contribution in [0.1, 0.15) is 32.6 Å². The molecule has 0 aromatic carbocycles. The lowest BCUT2D eigenvalue weighted by molar-refractivity contribution is 0.218. The van der Waals surface area contributed by atoms with E-state index < -0.39 is 0 Å². The molecule has 0 heterocycles. The standard InChI is InChI=1S/C12H25NOS/c1-11-3-5-12(6-4-11)13-7-9-15-10-8-14-2/h11-13H,3-10H2,1-2H3. The topological polar surface area (TPSA) is 21.3 Å². The van der Waals surface area contributed by atoms with Crippen molar-refractivity contribution in [2.24, 2.45) is 5.92 Å². The van der Waals surface area contributed by atoms with Crippen molar-refractivity contribution < 1.29 is 4.74 Å². The van der Waals surface area contributed by atoms with Crippen molar-refractivity contribution in [2.45, 2.75) is 38.6 Å². The van der Waals surface area contributed by atoms with Crippen molar-refractivity contribution in [3.8, 4) is 0 Å². The Bertz CT molecular complexity index is 147. The molecule has 0 saturated heterocycles. The van der Waals surface area contributed by atoms with Gasteiger partial charge in [-0.15, -0.1) is 0 Å². The van der Waals surface area contributed by atoms with E-state index in [1.807, 2.05) is 11.8 Å². The van der Waals surface area contributed by atoms with Gasteiger partial charge in [0.2, 0.25) is 0 Å². The predicted molar refractivity (Wildman–Crippen MR) is 68.6 cm³/mol. The highest BCUT2D eigenvalue weighted by Gasteiger charge is 2.16. The van der Waals surface area contributed by atoms with Gasteiger partial charge in [0.25, 0.3) is 0 Å². The van der Waals surface area contributed by atoms with Crippen molar-refractivity contribution in [2.75, 3.05) is 31.8 Å². The van der Waals surface area contributed by atoms with E-state index in [1.165, 1.54) is 31.4 Å². The maximum atomic E-state index is 5.01. The van der Waals surface area contributed by atoms with Crippen molar-refractivity contribution in [1.82, 2.24) is 5.32 Å². The van der Waals surface area contributed by atoms with Crippen LogP contribution in [-0.4, -0.2) is 37.8 Å². The lowest BCUT2D eigenvalue weighted by Crippen LogP contribution is -2.34. The Balaban J connectivity index is 1.87. The van der Waals surface area contributed by atoms with E-state index in [0.29, 0.717) is 0 Å². The first kappa shape index (κ1) is 13.3. The maximum absolute atomic E-state index is 5.01. The molecular formula is C12H25NOS. The van der Waals surface area contributed by atoms with Crippen LogP contribution in [0.2, 0.25) is 0 Å². The van der Waals surface area contributed by atoms with Crippen LogP contribution < -0.4 is 5.32 Å². The lowest BCUT2D eigenvalue weighted by atomic mass is 9.87. The molecule has 0 atom stereocenters. The number of nitrogens with one attached hydrogen (secondary N) is 1. The van der Waals surface area contributed by atoms with E-state index in [1.54, 1.807) is 7.11 Å². The third-order valence-corrected chi connectivity index (χ3v) is 4.08. The molecule has 90 valence electrons. The van der Waals surface area contributed by atoms with Gasteiger partial charge in [0, 0.05) is 31.2 Å². The second-order valence-electron chi connectivity index (χ2n) is 4.52. The zero-order valence-corrected chi connectivity index (χ0v) is 10.9. The van der Waals surface area contributed by atoms with Crippen LogP contribution in [0, 0.1) is 5.92 Å². The maximum Gasteiger partial charge on any atom is 0.0552 e. The Hall–Kier alpha value is 0.270. The Kier molecular flexibility index (Phi) is 7.49. The van der Waals surface area contributed by atoms with Crippen LogP contribution in [0.15, 0.2) is 0 Å². The van der Waals surface area contributed by atoms with Gasteiger partial charge in [-0.3, -0.25) is 0 Å². The summed E-state index contributed by atoms with van der Waals surface area (Å²) in [5.74, 6) is 3.30. The molecule has 1 aliphatic rings. The quantitative estimate of drug-likeness (QED) is 0.680. The molecule has 1 rings (SSSR count). The van der Waals surface area contributed by atoms with Gasteiger partial charge >= 0.3 is 0 Å². The number of thioether (sulfide) groups is 1. The molecule has 0 aromatic rings. The average molecular weight is 231 g/mol. The Morgan fingerprint density at radius 3 is 2.60 bits per heavy atom. The summed E-state index contributed by atoms with van der Waals surface area (Å²) in [4.78, 5) is 0. The fraction of sp³-hybridized carbons (Fsp3) is 1.00. The monoisotopic (exact) mass is 231 g/mol. The molecule has 15 heavy (non-hydrogen) atoms. The minimum atomic E-state index is 0.796. The van der Waals surface area contributed by atoms with E-state index in [4.69, 9.17) is 4.74 Å². The van der Waals surface area contributed by atoms with E-state index in [9.17, 15) is 0 Å². The van der Waals surface area contributed by atoms with Crippen LogP contribution >= 0.6 is 11.8 Å². The molecule has 0 amide bonds. The van der Waals surface area contributed by atoms with Crippen LogP contribution in [0.4, 0.5) is 0 Å². The van der Waals surface area contributed by atoms with Crippen LogP contribution in [0.25, 0.3) is 0 Å². The molecule has 0 unspecified atom stereocenters. The molecule has 1 aliphatic carbocycles.